The minimum atomic E-state index is -0.875. The molecule has 0 spiro atoms. The Hall–Kier alpha value is -2.47. The summed E-state index contributed by atoms with van der Waals surface area (Å²) in [4.78, 5) is 5.40. The Morgan fingerprint density at radius 1 is 1.04 bits per heavy atom. The average molecular weight is 332 g/mol. The number of hydrogen-bond acceptors (Lipinski definition) is 4. The van der Waals surface area contributed by atoms with Crippen molar-refractivity contribution < 1.29 is 13.5 Å². The first-order valence-corrected chi connectivity index (χ1v) is 7.72. The number of halogens is 2. The van der Waals surface area contributed by atoms with E-state index in [2.05, 4.69) is 10.3 Å². The van der Waals surface area contributed by atoms with E-state index in [4.69, 9.17) is 4.74 Å². The molecule has 1 N–H and O–H groups in total. The fourth-order valence-electron chi connectivity index (χ4n) is 2.16. The molecular weight excluding hydrogens is 318 g/mol. The number of aryl methyl sites for hydroxylation is 1. The van der Waals surface area contributed by atoms with E-state index >= 15 is 0 Å². The van der Waals surface area contributed by atoms with Gasteiger partial charge in [0.25, 0.3) is 0 Å². The van der Waals surface area contributed by atoms with Crippen LogP contribution in [0.25, 0.3) is 11.3 Å². The number of hydrogen-bond donors (Lipinski definition) is 1. The van der Waals surface area contributed by atoms with E-state index in [0.717, 1.165) is 28.4 Å². The number of benzene rings is 2. The monoisotopic (exact) mass is 332 g/mol. The van der Waals surface area contributed by atoms with E-state index in [-0.39, 0.29) is 0 Å². The summed E-state index contributed by atoms with van der Waals surface area (Å²) in [5.74, 6) is -0.967. The third-order valence-electron chi connectivity index (χ3n) is 3.33. The van der Waals surface area contributed by atoms with Gasteiger partial charge in [0, 0.05) is 16.1 Å². The maximum Gasteiger partial charge on any atom is 0.187 e. The Bertz CT molecular complexity index is 831. The second-order valence-corrected chi connectivity index (χ2v) is 6.11. The van der Waals surface area contributed by atoms with Crippen molar-refractivity contribution in [2.75, 3.05) is 12.4 Å². The lowest BCUT2D eigenvalue weighted by Gasteiger charge is -2.04. The van der Waals surface area contributed by atoms with Gasteiger partial charge in [-0.25, -0.2) is 13.8 Å². The Labute approximate surface area is 136 Å². The minimum absolute atomic E-state index is 0.556. The lowest BCUT2D eigenvalue weighted by atomic mass is 10.1. The van der Waals surface area contributed by atoms with Crippen LogP contribution in [0.15, 0.2) is 42.5 Å². The van der Waals surface area contributed by atoms with Crippen LogP contribution in [0.2, 0.25) is 0 Å². The van der Waals surface area contributed by atoms with E-state index in [1.807, 2.05) is 31.2 Å². The van der Waals surface area contributed by atoms with Crippen molar-refractivity contribution in [1.29, 1.82) is 0 Å². The number of ether oxygens (including phenoxy) is 1. The molecule has 0 aliphatic heterocycles. The molecule has 23 heavy (non-hydrogen) atoms. The normalized spacial score (nSPS) is 10.6. The lowest BCUT2D eigenvalue weighted by molar-refractivity contribution is 0.415. The van der Waals surface area contributed by atoms with Gasteiger partial charge in [-0.3, -0.25) is 0 Å². The van der Waals surface area contributed by atoms with Crippen molar-refractivity contribution >= 4 is 22.2 Å². The standard InChI is InChI=1S/C17H14F2N2OS/c1-10-16(11-3-8-14(18)15(19)9-11)21-17(23-10)20-12-4-6-13(22-2)7-5-12/h3-9H,1-2H3,(H,20,21). The highest BCUT2D eigenvalue weighted by Gasteiger charge is 2.12. The SMILES string of the molecule is COc1ccc(Nc2nc(-c3ccc(F)c(F)c3)c(C)s2)cc1. The first-order valence-electron chi connectivity index (χ1n) is 6.91. The number of nitrogens with one attached hydrogen (secondary N) is 1. The number of methoxy groups -OCH3 is 1. The van der Waals surface area contributed by atoms with Gasteiger partial charge >= 0.3 is 0 Å². The molecule has 0 fully saturated rings. The molecule has 3 nitrogen and oxygen atoms in total. The number of thiazole rings is 1. The number of anilines is 2. The first kappa shape index (κ1) is 15.4. The van der Waals surface area contributed by atoms with Gasteiger partial charge in [0.05, 0.1) is 12.8 Å². The summed E-state index contributed by atoms with van der Waals surface area (Å²) in [6.07, 6.45) is 0. The van der Waals surface area contributed by atoms with Gasteiger partial charge in [0.2, 0.25) is 0 Å². The average Bonchev–Trinajstić information content (AvgIpc) is 2.91. The highest BCUT2D eigenvalue weighted by atomic mass is 32.1. The fraction of sp³-hybridized carbons (Fsp3) is 0.118. The molecular formula is C17H14F2N2OS. The molecule has 3 aromatic rings. The molecule has 1 aromatic heterocycles. The molecule has 0 atom stereocenters. The third-order valence-corrected chi connectivity index (χ3v) is 4.22. The lowest BCUT2D eigenvalue weighted by Crippen LogP contribution is -1.91. The number of rotatable bonds is 4. The molecule has 0 radical (unpaired) electrons. The van der Waals surface area contributed by atoms with Crippen LogP contribution in [0.4, 0.5) is 19.6 Å². The van der Waals surface area contributed by atoms with Crippen LogP contribution in [0.1, 0.15) is 4.88 Å². The van der Waals surface area contributed by atoms with Crippen molar-refractivity contribution in [1.82, 2.24) is 4.98 Å². The Balaban J connectivity index is 1.86. The quantitative estimate of drug-likeness (QED) is 0.717. The van der Waals surface area contributed by atoms with Gasteiger partial charge in [-0.15, -0.1) is 11.3 Å². The van der Waals surface area contributed by atoms with E-state index < -0.39 is 11.6 Å². The summed E-state index contributed by atoms with van der Waals surface area (Å²) >= 11 is 1.45. The van der Waals surface area contributed by atoms with Crippen molar-refractivity contribution in [2.45, 2.75) is 6.92 Å². The second-order valence-electron chi connectivity index (χ2n) is 4.91. The largest absolute Gasteiger partial charge is 0.497 e. The van der Waals surface area contributed by atoms with E-state index in [0.29, 0.717) is 16.4 Å². The molecule has 0 saturated carbocycles. The zero-order chi connectivity index (χ0) is 16.4. The topological polar surface area (TPSA) is 34.1 Å². The zero-order valence-electron chi connectivity index (χ0n) is 12.6. The van der Waals surface area contributed by atoms with Gasteiger partial charge in [0.1, 0.15) is 5.75 Å². The van der Waals surface area contributed by atoms with Crippen LogP contribution in [0.3, 0.4) is 0 Å². The van der Waals surface area contributed by atoms with Crippen LogP contribution >= 0.6 is 11.3 Å². The summed E-state index contributed by atoms with van der Waals surface area (Å²) in [6.45, 7) is 1.90. The van der Waals surface area contributed by atoms with Crippen molar-refractivity contribution in [3.05, 3.63) is 59.0 Å². The number of aromatic nitrogens is 1. The van der Waals surface area contributed by atoms with Crippen molar-refractivity contribution in [3.63, 3.8) is 0 Å². The fourth-order valence-corrected chi connectivity index (χ4v) is 3.01. The molecule has 2 aromatic carbocycles. The zero-order valence-corrected chi connectivity index (χ0v) is 13.4. The van der Waals surface area contributed by atoms with Gasteiger partial charge in [-0.1, -0.05) is 0 Å². The van der Waals surface area contributed by atoms with Crippen LogP contribution in [0.5, 0.6) is 5.75 Å². The van der Waals surface area contributed by atoms with Crippen molar-refractivity contribution in [2.24, 2.45) is 0 Å². The Morgan fingerprint density at radius 2 is 1.78 bits per heavy atom. The predicted octanol–water partition coefficient (Wildman–Crippen LogP) is 5.15. The third kappa shape index (κ3) is 3.32. The first-order chi connectivity index (χ1) is 11.1. The highest BCUT2D eigenvalue weighted by Crippen LogP contribution is 2.32. The van der Waals surface area contributed by atoms with Gasteiger partial charge in [-0.05, 0) is 49.4 Å². The predicted molar refractivity (Wildman–Crippen MR) is 88.5 cm³/mol. The highest BCUT2D eigenvalue weighted by molar-refractivity contribution is 7.16. The van der Waals surface area contributed by atoms with Crippen LogP contribution < -0.4 is 10.1 Å². The molecule has 0 bridgehead atoms. The second kappa shape index (κ2) is 6.34. The minimum Gasteiger partial charge on any atom is -0.497 e. The molecule has 3 rings (SSSR count). The molecule has 0 unspecified atom stereocenters. The summed E-state index contributed by atoms with van der Waals surface area (Å²) in [7, 11) is 1.61. The molecule has 1 heterocycles. The maximum atomic E-state index is 13.4. The van der Waals surface area contributed by atoms with Crippen LogP contribution in [0, 0.1) is 18.6 Å². The molecule has 0 aliphatic carbocycles. The summed E-state index contributed by atoms with van der Waals surface area (Å²) < 4.78 is 31.6. The number of nitrogens with zero attached hydrogens (tertiary/aromatic N) is 1. The van der Waals surface area contributed by atoms with Crippen molar-refractivity contribution in [3.8, 4) is 17.0 Å². The molecule has 118 valence electrons. The summed E-state index contributed by atoms with van der Waals surface area (Å²) in [5.41, 5.74) is 2.07. The van der Waals surface area contributed by atoms with Gasteiger partial charge in [-0.2, -0.15) is 0 Å². The Morgan fingerprint density at radius 3 is 2.43 bits per heavy atom. The molecule has 0 saturated heterocycles. The van der Waals surface area contributed by atoms with E-state index in [1.54, 1.807) is 7.11 Å². The Kier molecular flexibility index (Phi) is 4.25. The smallest absolute Gasteiger partial charge is 0.187 e. The van der Waals surface area contributed by atoms with Gasteiger partial charge < -0.3 is 10.1 Å². The molecule has 0 aliphatic rings. The molecule has 0 amide bonds. The van der Waals surface area contributed by atoms with Crippen LogP contribution in [-0.4, -0.2) is 12.1 Å². The summed E-state index contributed by atoms with van der Waals surface area (Å²) in [6, 6.07) is 11.3. The van der Waals surface area contributed by atoms with Crippen LogP contribution in [-0.2, 0) is 0 Å². The summed E-state index contributed by atoms with van der Waals surface area (Å²) in [5, 5.41) is 3.88. The maximum absolute atomic E-state index is 13.4. The van der Waals surface area contributed by atoms with E-state index in [9.17, 15) is 8.78 Å². The van der Waals surface area contributed by atoms with Gasteiger partial charge in [0.15, 0.2) is 16.8 Å². The molecule has 6 heteroatoms. The van der Waals surface area contributed by atoms with E-state index in [1.165, 1.54) is 17.4 Å².